The fourth-order valence-corrected chi connectivity index (χ4v) is 5.33. The number of benzene rings is 2. The van der Waals surface area contributed by atoms with Crippen molar-refractivity contribution in [3.8, 4) is 17.3 Å². The van der Waals surface area contributed by atoms with Gasteiger partial charge in [-0.15, -0.1) is 0 Å². The Morgan fingerprint density at radius 1 is 0.595 bits per heavy atom. The first kappa shape index (κ1) is 20.0. The van der Waals surface area contributed by atoms with Gasteiger partial charge in [0.2, 0.25) is 5.88 Å². The summed E-state index contributed by atoms with van der Waals surface area (Å²) in [4.78, 5) is 14.2. The molecule has 37 heavy (non-hydrogen) atoms. The largest absolute Gasteiger partial charge is 0.439 e. The van der Waals surface area contributed by atoms with E-state index in [-0.39, 0.29) is 0 Å². The van der Waals surface area contributed by atoms with Gasteiger partial charge >= 0.3 is 0 Å². The van der Waals surface area contributed by atoms with Crippen LogP contribution in [0, 0.1) is 0 Å². The van der Waals surface area contributed by atoms with Crippen LogP contribution in [0.5, 0.6) is 11.6 Å². The smallest absolute Gasteiger partial charge is 0.219 e. The van der Waals surface area contributed by atoms with Gasteiger partial charge in [0.1, 0.15) is 16.9 Å². The second-order valence-corrected chi connectivity index (χ2v) is 9.01. The fourth-order valence-electron chi connectivity index (χ4n) is 5.33. The van der Waals surface area contributed by atoms with E-state index in [0.717, 1.165) is 49.7 Å². The molecule has 0 aliphatic heterocycles. The van der Waals surface area contributed by atoms with Crippen LogP contribution in [0.25, 0.3) is 55.1 Å². The van der Waals surface area contributed by atoms with Crippen molar-refractivity contribution in [2.24, 2.45) is 0 Å². The van der Waals surface area contributed by atoms with Gasteiger partial charge < -0.3 is 9.14 Å². The van der Waals surface area contributed by atoms with E-state index in [1.807, 2.05) is 67.1 Å². The van der Waals surface area contributed by atoms with Crippen LogP contribution < -0.4 is 4.74 Å². The third kappa shape index (κ3) is 2.96. The Labute approximate surface area is 211 Å². The quantitative estimate of drug-likeness (QED) is 0.250. The molecule has 0 radical (unpaired) electrons. The predicted molar refractivity (Wildman–Crippen MR) is 147 cm³/mol. The second kappa shape index (κ2) is 7.63. The molecule has 0 fully saturated rings. The molecule has 0 aliphatic carbocycles. The van der Waals surface area contributed by atoms with Crippen LogP contribution in [0.15, 0.2) is 116 Å². The minimum Gasteiger partial charge on any atom is -0.439 e. The standard InChI is InChI=1S/C31H19N5O/c1-2-11-25-22(9-1)23-10-4-17-33-31(23)36(25)20-7-3-8-21(19-20)37-28-15-14-24-29-26(12-5-16-32-29)35-18-6-13-27(35)30(24)34-28/h1-19H. The van der Waals surface area contributed by atoms with E-state index >= 15 is 0 Å². The lowest BCUT2D eigenvalue weighted by Gasteiger charge is -2.12. The van der Waals surface area contributed by atoms with Gasteiger partial charge in [-0.25, -0.2) is 9.97 Å². The van der Waals surface area contributed by atoms with Crippen molar-refractivity contribution in [3.63, 3.8) is 0 Å². The molecule has 0 aliphatic rings. The Bertz CT molecular complexity index is 2090. The number of rotatable bonds is 3. The second-order valence-electron chi connectivity index (χ2n) is 9.01. The topological polar surface area (TPSA) is 57.2 Å². The molecule has 0 unspecified atom stereocenters. The SMILES string of the molecule is c1cc(Oc2ccc3c4ncccc4n4cccc4c3n2)cc(-n2c3ccccc3c3cccnc32)c1. The zero-order valence-corrected chi connectivity index (χ0v) is 19.6. The molecule has 0 spiro atoms. The summed E-state index contributed by atoms with van der Waals surface area (Å²) in [5.74, 6) is 1.24. The van der Waals surface area contributed by atoms with Crippen LogP contribution in [-0.4, -0.2) is 23.9 Å². The Kier molecular flexibility index (Phi) is 4.13. The monoisotopic (exact) mass is 477 g/mol. The maximum absolute atomic E-state index is 6.31. The van der Waals surface area contributed by atoms with E-state index in [4.69, 9.17) is 14.7 Å². The van der Waals surface area contributed by atoms with E-state index in [1.165, 1.54) is 5.39 Å². The highest BCUT2D eigenvalue weighted by atomic mass is 16.5. The zero-order chi connectivity index (χ0) is 24.3. The number of pyridine rings is 4. The van der Waals surface area contributed by atoms with Gasteiger partial charge in [0, 0.05) is 46.9 Å². The normalized spacial score (nSPS) is 11.8. The third-order valence-electron chi connectivity index (χ3n) is 6.89. The van der Waals surface area contributed by atoms with Crippen LogP contribution in [0.1, 0.15) is 0 Å². The minimum atomic E-state index is 0.531. The van der Waals surface area contributed by atoms with Gasteiger partial charge in [-0.3, -0.25) is 9.55 Å². The van der Waals surface area contributed by atoms with Crippen LogP contribution in [-0.2, 0) is 0 Å². The molecule has 6 aromatic heterocycles. The van der Waals surface area contributed by atoms with Crippen molar-refractivity contribution < 1.29 is 4.74 Å². The highest BCUT2D eigenvalue weighted by Gasteiger charge is 2.14. The van der Waals surface area contributed by atoms with Gasteiger partial charge in [-0.2, -0.15) is 0 Å². The maximum atomic E-state index is 6.31. The lowest BCUT2D eigenvalue weighted by Crippen LogP contribution is -1.97. The van der Waals surface area contributed by atoms with Crippen LogP contribution in [0.2, 0.25) is 0 Å². The molecule has 0 amide bonds. The molecule has 0 saturated heterocycles. The molecule has 8 aromatic rings. The Hall–Kier alpha value is -5.23. The number of ether oxygens (including phenoxy) is 1. The Balaban J connectivity index is 1.26. The molecule has 0 N–H and O–H groups in total. The van der Waals surface area contributed by atoms with Crippen molar-refractivity contribution >= 4 is 49.4 Å². The Morgan fingerprint density at radius 3 is 2.41 bits per heavy atom. The average Bonchev–Trinajstić information content (AvgIpc) is 3.57. The van der Waals surface area contributed by atoms with E-state index in [1.54, 1.807) is 0 Å². The summed E-state index contributed by atoms with van der Waals surface area (Å²) in [5.41, 5.74) is 6.85. The maximum Gasteiger partial charge on any atom is 0.219 e. The molecule has 6 heterocycles. The molecule has 0 atom stereocenters. The van der Waals surface area contributed by atoms with E-state index in [0.29, 0.717) is 11.6 Å². The van der Waals surface area contributed by atoms with E-state index in [9.17, 15) is 0 Å². The molecule has 6 nitrogen and oxygen atoms in total. The van der Waals surface area contributed by atoms with Crippen LogP contribution >= 0.6 is 0 Å². The first-order valence-electron chi connectivity index (χ1n) is 12.1. The zero-order valence-electron chi connectivity index (χ0n) is 19.6. The summed E-state index contributed by atoms with van der Waals surface area (Å²) in [5, 5.41) is 3.29. The number of para-hydroxylation sites is 1. The molecular weight excluding hydrogens is 458 g/mol. The van der Waals surface area contributed by atoms with Crippen molar-refractivity contribution in [3.05, 3.63) is 116 Å². The first-order chi connectivity index (χ1) is 18.3. The molecule has 6 heteroatoms. The molecule has 0 bridgehead atoms. The van der Waals surface area contributed by atoms with Crippen molar-refractivity contribution in [1.82, 2.24) is 23.9 Å². The van der Waals surface area contributed by atoms with Gasteiger partial charge in [0.05, 0.1) is 27.8 Å². The number of fused-ring (bicyclic) bond motifs is 9. The Morgan fingerprint density at radius 2 is 1.41 bits per heavy atom. The van der Waals surface area contributed by atoms with Gasteiger partial charge in [0.15, 0.2) is 0 Å². The summed E-state index contributed by atoms with van der Waals surface area (Å²) < 4.78 is 10.6. The molecule has 0 saturated carbocycles. The fraction of sp³-hybridized carbons (Fsp3) is 0. The van der Waals surface area contributed by atoms with Crippen molar-refractivity contribution in [1.29, 1.82) is 0 Å². The lowest BCUT2D eigenvalue weighted by molar-refractivity contribution is 0.465. The van der Waals surface area contributed by atoms with E-state index < -0.39 is 0 Å². The number of nitrogens with zero attached hydrogens (tertiary/aromatic N) is 5. The van der Waals surface area contributed by atoms with Crippen LogP contribution in [0.4, 0.5) is 0 Å². The predicted octanol–water partition coefficient (Wildman–Crippen LogP) is 7.32. The number of aromatic nitrogens is 5. The average molecular weight is 478 g/mol. The highest BCUT2D eigenvalue weighted by Crippen LogP contribution is 2.33. The van der Waals surface area contributed by atoms with Gasteiger partial charge in [-0.1, -0.05) is 24.3 Å². The highest BCUT2D eigenvalue weighted by molar-refractivity contribution is 6.09. The summed E-state index contributed by atoms with van der Waals surface area (Å²) >= 11 is 0. The number of hydrogen-bond donors (Lipinski definition) is 0. The number of hydrogen-bond acceptors (Lipinski definition) is 4. The van der Waals surface area contributed by atoms with Crippen molar-refractivity contribution in [2.45, 2.75) is 0 Å². The van der Waals surface area contributed by atoms with Gasteiger partial charge in [-0.05, 0) is 60.7 Å². The molecule has 2 aromatic carbocycles. The molecular formula is C31H19N5O. The van der Waals surface area contributed by atoms with E-state index in [2.05, 4.69) is 62.5 Å². The molecule has 8 rings (SSSR count). The van der Waals surface area contributed by atoms with Crippen LogP contribution in [0.3, 0.4) is 0 Å². The lowest BCUT2D eigenvalue weighted by atomic mass is 10.2. The summed E-state index contributed by atoms with van der Waals surface area (Å²) in [6.45, 7) is 0. The first-order valence-corrected chi connectivity index (χ1v) is 12.1. The molecule has 174 valence electrons. The minimum absolute atomic E-state index is 0.531. The summed E-state index contributed by atoms with van der Waals surface area (Å²) in [6, 6.07) is 32.6. The summed E-state index contributed by atoms with van der Waals surface area (Å²) in [6.07, 6.45) is 5.69. The third-order valence-corrected chi connectivity index (χ3v) is 6.89. The van der Waals surface area contributed by atoms with Crippen molar-refractivity contribution in [2.75, 3.05) is 0 Å². The van der Waals surface area contributed by atoms with Gasteiger partial charge in [0.25, 0.3) is 0 Å². The summed E-state index contributed by atoms with van der Waals surface area (Å²) in [7, 11) is 0.